The van der Waals surface area contributed by atoms with Crippen molar-refractivity contribution in [3.63, 3.8) is 0 Å². The number of benzene rings is 5. The Bertz CT molecular complexity index is 1480. The molecule has 0 heterocycles. The van der Waals surface area contributed by atoms with E-state index in [2.05, 4.69) is 173 Å². The first kappa shape index (κ1) is 26.0. The molecular formula is C36H32IN. The summed E-state index contributed by atoms with van der Waals surface area (Å²) in [6.07, 6.45) is 4.19. The van der Waals surface area contributed by atoms with E-state index in [1.54, 1.807) is 0 Å². The third-order valence-corrected chi connectivity index (χ3v) is 7.48. The Morgan fingerprint density at radius 1 is 0.526 bits per heavy atom. The van der Waals surface area contributed by atoms with Gasteiger partial charge in [-0.2, -0.15) is 0 Å². The molecule has 1 nitrogen and oxygen atoms in total. The van der Waals surface area contributed by atoms with Gasteiger partial charge in [0.1, 0.15) is 0 Å². The summed E-state index contributed by atoms with van der Waals surface area (Å²) in [7, 11) is 0. The lowest BCUT2D eigenvalue weighted by molar-refractivity contribution is 1.14. The van der Waals surface area contributed by atoms with Crippen molar-refractivity contribution in [2.45, 2.75) is 26.7 Å². The van der Waals surface area contributed by atoms with Crippen LogP contribution in [0.5, 0.6) is 0 Å². The van der Waals surface area contributed by atoms with E-state index in [4.69, 9.17) is 0 Å². The average Bonchev–Trinajstić information content (AvgIpc) is 2.98. The third-order valence-electron chi connectivity index (χ3n) is 6.97. The van der Waals surface area contributed by atoms with Crippen molar-refractivity contribution in [1.29, 1.82) is 0 Å². The fourth-order valence-electron chi connectivity index (χ4n) is 4.69. The molecule has 0 fully saturated rings. The molecule has 0 bridgehead atoms. The number of rotatable bonds is 8. The Labute approximate surface area is 240 Å². The first-order chi connectivity index (χ1) is 18.6. The molecule has 2 heteroatoms. The molecule has 5 aromatic carbocycles. The number of allylic oxidation sites excluding steroid dienone is 1. The molecule has 0 radical (unpaired) electrons. The highest BCUT2D eigenvalue weighted by molar-refractivity contribution is 14.1. The van der Waals surface area contributed by atoms with E-state index in [1.807, 2.05) is 0 Å². The third kappa shape index (κ3) is 6.08. The van der Waals surface area contributed by atoms with Crippen molar-refractivity contribution in [3.8, 4) is 22.3 Å². The quantitative estimate of drug-likeness (QED) is 0.159. The summed E-state index contributed by atoms with van der Waals surface area (Å²) in [6.45, 7) is 4.32. The van der Waals surface area contributed by atoms with Gasteiger partial charge in [0.2, 0.25) is 0 Å². The van der Waals surface area contributed by atoms with Gasteiger partial charge in [0, 0.05) is 17.1 Å². The van der Waals surface area contributed by atoms with Gasteiger partial charge in [-0.25, -0.2) is 0 Å². The summed E-state index contributed by atoms with van der Waals surface area (Å²) in [5.41, 5.74) is 12.3. The second-order valence-corrected chi connectivity index (χ2v) is 10.3. The van der Waals surface area contributed by atoms with E-state index in [9.17, 15) is 0 Å². The van der Waals surface area contributed by atoms with Crippen molar-refractivity contribution in [1.82, 2.24) is 0 Å². The minimum absolute atomic E-state index is 0.944. The number of hydrogen-bond donors (Lipinski definition) is 0. The maximum absolute atomic E-state index is 2.33. The van der Waals surface area contributed by atoms with Crippen molar-refractivity contribution >= 4 is 39.7 Å². The predicted octanol–water partition coefficient (Wildman–Crippen LogP) is 10.9. The molecule has 0 aliphatic heterocycles. The van der Waals surface area contributed by atoms with Gasteiger partial charge in [0.15, 0.2) is 0 Å². The molecule has 38 heavy (non-hydrogen) atoms. The molecule has 0 spiro atoms. The van der Waals surface area contributed by atoms with Crippen LogP contribution < -0.4 is 4.90 Å². The highest BCUT2D eigenvalue weighted by Crippen LogP contribution is 2.37. The van der Waals surface area contributed by atoms with Crippen LogP contribution in [0.1, 0.15) is 23.6 Å². The normalized spacial score (nSPS) is 11.1. The monoisotopic (exact) mass is 605 g/mol. The van der Waals surface area contributed by atoms with Gasteiger partial charge in [-0.05, 0) is 93.6 Å². The van der Waals surface area contributed by atoms with Crippen LogP contribution >= 0.6 is 22.6 Å². The Morgan fingerprint density at radius 2 is 0.895 bits per heavy atom. The van der Waals surface area contributed by atoms with Crippen molar-refractivity contribution < 1.29 is 0 Å². The van der Waals surface area contributed by atoms with E-state index in [0.29, 0.717) is 0 Å². The number of nitrogens with zero attached hydrogens (tertiary/aromatic N) is 1. The Balaban J connectivity index is 1.49. The van der Waals surface area contributed by atoms with E-state index in [0.717, 1.165) is 29.9 Å². The van der Waals surface area contributed by atoms with E-state index in [1.165, 1.54) is 38.9 Å². The van der Waals surface area contributed by atoms with Crippen molar-refractivity contribution in [3.05, 3.63) is 148 Å². The van der Waals surface area contributed by atoms with Crippen LogP contribution in [0, 0.1) is 6.92 Å². The molecule has 0 saturated carbocycles. The summed E-state index contributed by atoms with van der Waals surface area (Å²) in [6, 6.07) is 44.3. The number of hydrogen-bond acceptors (Lipinski definition) is 1. The predicted molar refractivity (Wildman–Crippen MR) is 173 cm³/mol. The molecule has 0 N–H and O–H groups in total. The fraction of sp³-hybridized carbons (Fsp3) is 0.111. The summed E-state index contributed by atoms with van der Waals surface area (Å²) < 4.78 is 2.07. The zero-order valence-electron chi connectivity index (χ0n) is 21.9. The number of aryl methyl sites for hydroxylation is 2. The van der Waals surface area contributed by atoms with Gasteiger partial charge in [-0.3, -0.25) is 0 Å². The smallest absolute Gasteiger partial charge is 0.0462 e. The molecule has 0 saturated heterocycles. The van der Waals surface area contributed by atoms with Crippen LogP contribution in [0.4, 0.5) is 17.1 Å². The summed E-state index contributed by atoms with van der Waals surface area (Å²) in [5, 5.41) is 0. The molecule has 0 aromatic heterocycles. The topological polar surface area (TPSA) is 3.24 Å². The van der Waals surface area contributed by atoms with E-state index >= 15 is 0 Å². The first-order valence-electron chi connectivity index (χ1n) is 13.2. The summed E-state index contributed by atoms with van der Waals surface area (Å²) in [5.74, 6) is 0. The van der Waals surface area contributed by atoms with Crippen molar-refractivity contribution in [2.75, 3.05) is 4.90 Å². The van der Waals surface area contributed by atoms with E-state index in [-0.39, 0.29) is 0 Å². The minimum Gasteiger partial charge on any atom is -0.311 e. The van der Waals surface area contributed by atoms with Crippen LogP contribution in [-0.2, 0) is 12.8 Å². The van der Waals surface area contributed by atoms with Crippen LogP contribution in [0.25, 0.3) is 22.3 Å². The largest absolute Gasteiger partial charge is 0.311 e. The second-order valence-electron chi connectivity index (χ2n) is 9.58. The van der Waals surface area contributed by atoms with Gasteiger partial charge in [-0.15, -0.1) is 0 Å². The number of anilines is 3. The standard InChI is InChI=1S/C36H32IN/c1-3-28-8-14-31(15-9-28)33-18-24-36(25-19-33)38(34-20-10-29(11-21-34)5-4-26-37)35-22-16-32(17-23-35)30-12-6-27(2)7-13-30/h4,6-26H,3,5H2,1-2H3/b26-4+. The molecule has 5 aromatic rings. The molecule has 0 amide bonds. The van der Waals surface area contributed by atoms with E-state index < -0.39 is 0 Å². The minimum atomic E-state index is 0.944. The van der Waals surface area contributed by atoms with Crippen LogP contribution in [-0.4, -0.2) is 0 Å². The van der Waals surface area contributed by atoms with Crippen LogP contribution in [0.2, 0.25) is 0 Å². The average molecular weight is 606 g/mol. The van der Waals surface area contributed by atoms with Gasteiger partial charge < -0.3 is 4.90 Å². The lowest BCUT2D eigenvalue weighted by Gasteiger charge is -2.26. The Hall–Kier alpha value is -3.63. The Kier molecular flexibility index (Phi) is 8.40. The lowest BCUT2D eigenvalue weighted by atomic mass is 10.0. The zero-order chi connectivity index (χ0) is 26.3. The highest BCUT2D eigenvalue weighted by atomic mass is 127. The zero-order valence-corrected chi connectivity index (χ0v) is 24.1. The molecule has 0 unspecified atom stereocenters. The molecule has 0 atom stereocenters. The maximum atomic E-state index is 2.33. The summed E-state index contributed by atoms with van der Waals surface area (Å²) in [4.78, 5) is 2.33. The SMILES string of the molecule is CCc1ccc(-c2ccc(N(c3ccc(C/C=C/I)cc3)c3ccc(-c4ccc(C)cc4)cc3)cc2)cc1. The van der Waals surface area contributed by atoms with Crippen molar-refractivity contribution in [2.24, 2.45) is 0 Å². The molecular weight excluding hydrogens is 573 g/mol. The van der Waals surface area contributed by atoms with Crippen LogP contribution in [0.15, 0.2) is 131 Å². The van der Waals surface area contributed by atoms with Gasteiger partial charge in [0.25, 0.3) is 0 Å². The van der Waals surface area contributed by atoms with Gasteiger partial charge in [0.05, 0.1) is 0 Å². The van der Waals surface area contributed by atoms with Crippen LogP contribution in [0.3, 0.4) is 0 Å². The molecule has 188 valence electrons. The number of halogens is 1. The summed E-state index contributed by atoms with van der Waals surface area (Å²) >= 11 is 2.28. The first-order valence-corrected chi connectivity index (χ1v) is 14.4. The maximum Gasteiger partial charge on any atom is 0.0462 e. The van der Waals surface area contributed by atoms with Gasteiger partial charge >= 0.3 is 0 Å². The second kappa shape index (κ2) is 12.3. The molecule has 0 aliphatic rings. The Morgan fingerprint density at radius 3 is 1.32 bits per heavy atom. The molecule has 5 rings (SSSR count). The molecule has 0 aliphatic carbocycles. The van der Waals surface area contributed by atoms with Gasteiger partial charge in [-0.1, -0.05) is 126 Å². The lowest BCUT2D eigenvalue weighted by Crippen LogP contribution is -2.10. The highest BCUT2D eigenvalue weighted by Gasteiger charge is 2.13. The fourth-order valence-corrected chi connectivity index (χ4v) is 4.95.